The summed E-state index contributed by atoms with van der Waals surface area (Å²) in [5.41, 5.74) is 1.73. The third-order valence-electron chi connectivity index (χ3n) is 4.23. The van der Waals surface area contributed by atoms with Crippen LogP contribution in [0.5, 0.6) is 11.5 Å². The fourth-order valence-electron chi connectivity index (χ4n) is 2.88. The smallest absolute Gasteiger partial charge is 0.226 e. The van der Waals surface area contributed by atoms with Crippen molar-refractivity contribution in [2.45, 2.75) is 25.3 Å². The molecule has 1 amide bonds. The summed E-state index contributed by atoms with van der Waals surface area (Å²) in [6.45, 7) is 1.73. The molecule has 1 unspecified atom stereocenters. The van der Waals surface area contributed by atoms with Gasteiger partial charge in [-0.1, -0.05) is 0 Å². The summed E-state index contributed by atoms with van der Waals surface area (Å²) in [6.07, 6.45) is 2.61. The second-order valence-corrected chi connectivity index (χ2v) is 6.85. The van der Waals surface area contributed by atoms with Crippen molar-refractivity contribution in [3.05, 3.63) is 29.3 Å². The lowest BCUT2D eigenvalue weighted by molar-refractivity contribution is -0.120. The summed E-state index contributed by atoms with van der Waals surface area (Å²) in [4.78, 5) is 16.7. The van der Waals surface area contributed by atoms with E-state index in [-0.39, 0.29) is 30.7 Å². The molecule has 27 heavy (non-hydrogen) atoms. The second kappa shape index (κ2) is 11.3. The lowest BCUT2D eigenvalue weighted by atomic mass is 10.2. The van der Waals surface area contributed by atoms with E-state index in [1.165, 1.54) is 17.8 Å². The van der Waals surface area contributed by atoms with Crippen LogP contribution >= 0.6 is 36.2 Å². The average Bonchev–Trinajstić information content (AvgIpc) is 3.31. The largest absolute Gasteiger partial charge is 0.493 e. The molecule has 0 saturated carbocycles. The Bertz CT molecular complexity index is 736. The number of nitrogens with one attached hydrogen (secondary N) is 2. The number of methoxy groups -OCH3 is 2. The van der Waals surface area contributed by atoms with E-state index in [0.29, 0.717) is 30.5 Å². The Morgan fingerprint density at radius 2 is 2.07 bits per heavy atom. The van der Waals surface area contributed by atoms with Gasteiger partial charge in [0.1, 0.15) is 5.01 Å². The molecule has 2 heterocycles. The van der Waals surface area contributed by atoms with Crippen molar-refractivity contribution in [2.75, 3.05) is 27.3 Å². The van der Waals surface area contributed by atoms with Crippen LogP contribution in [0.15, 0.2) is 23.6 Å². The van der Waals surface area contributed by atoms with Crippen LogP contribution in [0, 0.1) is 0 Å². The molecule has 1 aliphatic rings. The lowest BCUT2D eigenvalue weighted by Gasteiger charge is -2.10. The molecular formula is C18H25Cl2N3O3S. The molecule has 2 N–H and O–H groups in total. The Labute approximate surface area is 175 Å². The quantitative estimate of drug-likeness (QED) is 0.701. The van der Waals surface area contributed by atoms with Gasteiger partial charge in [0.05, 0.1) is 26.3 Å². The SMILES string of the molecule is COc1ccc(-c2nc(CC(=O)NCC3CCCN3)cs2)cc1OC.Cl.Cl. The number of carbonyl (C=O) groups excluding carboxylic acids is 1. The van der Waals surface area contributed by atoms with Gasteiger partial charge in [-0.05, 0) is 37.6 Å². The Kier molecular flexibility index (Phi) is 9.87. The fourth-order valence-corrected chi connectivity index (χ4v) is 3.70. The second-order valence-electron chi connectivity index (χ2n) is 5.99. The molecule has 3 rings (SSSR count). The van der Waals surface area contributed by atoms with Crippen LogP contribution in [0.1, 0.15) is 18.5 Å². The van der Waals surface area contributed by atoms with Gasteiger partial charge in [-0.2, -0.15) is 0 Å². The standard InChI is InChI=1S/C18H23N3O3S.2ClH/c1-23-15-6-5-12(8-16(15)24-2)18-21-14(11-25-18)9-17(22)20-10-13-4-3-7-19-13;;/h5-6,8,11,13,19H,3-4,7,9-10H2,1-2H3,(H,20,22);2*1H. The van der Waals surface area contributed by atoms with Gasteiger partial charge in [-0.25, -0.2) is 4.98 Å². The number of hydrogen-bond donors (Lipinski definition) is 2. The van der Waals surface area contributed by atoms with Crippen LogP contribution in [0.4, 0.5) is 0 Å². The molecule has 0 spiro atoms. The highest BCUT2D eigenvalue weighted by Crippen LogP contribution is 2.33. The number of benzene rings is 1. The molecule has 0 aliphatic carbocycles. The highest BCUT2D eigenvalue weighted by Gasteiger charge is 2.16. The molecule has 1 fully saturated rings. The van der Waals surface area contributed by atoms with Crippen LogP contribution in [-0.4, -0.2) is 44.2 Å². The zero-order valence-electron chi connectivity index (χ0n) is 15.3. The predicted octanol–water partition coefficient (Wildman–Crippen LogP) is 3.08. The highest BCUT2D eigenvalue weighted by molar-refractivity contribution is 7.13. The van der Waals surface area contributed by atoms with E-state index < -0.39 is 0 Å². The number of nitrogens with zero attached hydrogens (tertiary/aromatic N) is 1. The van der Waals surface area contributed by atoms with Crippen LogP contribution < -0.4 is 20.1 Å². The van der Waals surface area contributed by atoms with Gasteiger partial charge in [0.15, 0.2) is 11.5 Å². The summed E-state index contributed by atoms with van der Waals surface area (Å²) in [5.74, 6) is 1.36. The van der Waals surface area contributed by atoms with Gasteiger partial charge in [0, 0.05) is 23.5 Å². The number of ether oxygens (including phenoxy) is 2. The molecule has 0 bridgehead atoms. The maximum atomic E-state index is 12.1. The minimum Gasteiger partial charge on any atom is -0.493 e. The van der Waals surface area contributed by atoms with E-state index in [4.69, 9.17) is 9.47 Å². The molecule has 1 aromatic carbocycles. The Morgan fingerprint density at radius 1 is 1.30 bits per heavy atom. The summed E-state index contributed by atoms with van der Waals surface area (Å²) >= 11 is 1.52. The van der Waals surface area contributed by atoms with E-state index >= 15 is 0 Å². The number of carbonyl (C=O) groups is 1. The molecule has 0 radical (unpaired) electrons. The number of aromatic nitrogens is 1. The molecular weight excluding hydrogens is 409 g/mol. The molecule has 1 saturated heterocycles. The zero-order chi connectivity index (χ0) is 17.6. The van der Waals surface area contributed by atoms with E-state index in [1.54, 1.807) is 14.2 Å². The van der Waals surface area contributed by atoms with Gasteiger partial charge in [-0.3, -0.25) is 4.79 Å². The van der Waals surface area contributed by atoms with E-state index in [1.807, 2.05) is 23.6 Å². The van der Waals surface area contributed by atoms with Crippen LogP contribution in [0.25, 0.3) is 10.6 Å². The third kappa shape index (κ3) is 6.24. The first-order valence-corrected chi connectivity index (χ1v) is 9.24. The first kappa shape index (κ1) is 23.5. The molecule has 9 heteroatoms. The van der Waals surface area contributed by atoms with E-state index in [9.17, 15) is 4.79 Å². The van der Waals surface area contributed by atoms with Gasteiger partial charge in [0.25, 0.3) is 0 Å². The Hall–Kier alpha value is -1.54. The van der Waals surface area contributed by atoms with Crippen molar-refractivity contribution in [3.63, 3.8) is 0 Å². The maximum absolute atomic E-state index is 12.1. The summed E-state index contributed by atoms with van der Waals surface area (Å²) in [5, 5.41) is 9.15. The van der Waals surface area contributed by atoms with Crippen molar-refractivity contribution < 1.29 is 14.3 Å². The molecule has 150 valence electrons. The predicted molar refractivity (Wildman–Crippen MR) is 113 cm³/mol. The fraction of sp³-hybridized carbons (Fsp3) is 0.444. The van der Waals surface area contributed by atoms with Gasteiger partial charge in [0.2, 0.25) is 5.91 Å². The molecule has 1 atom stereocenters. The molecule has 6 nitrogen and oxygen atoms in total. The number of amides is 1. The Balaban J connectivity index is 0.00000182. The van der Waals surface area contributed by atoms with E-state index in [2.05, 4.69) is 15.6 Å². The van der Waals surface area contributed by atoms with Crippen LogP contribution in [0.2, 0.25) is 0 Å². The first-order valence-electron chi connectivity index (χ1n) is 8.36. The number of hydrogen-bond acceptors (Lipinski definition) is 6. The lowest BCUT2D eigenvalue weighted by Crippen LogP contribution is -2.37. The monoisotopic (exact) mass is 433 g/mol. The maximum Gasteiger partial charge on any atom is 0.226 e. The Morgan fingerprint density at radius 3 is 2.74 bits per heavy atom. The van der Waals surface area contributed by atoms with Crippen molar-refractivity contribution in [1.29, 1.82) is 0 Å². The zero-order valence-corrected chi connectivity index (χ0v) is 17.8. The van der Waals surface area contributed by atoms with Crippen molar-refractivity contribution in [2.24, 2.45) is 0 Å². The van der Waals surface area contributed by atoms with Crippen LogP contribution in [-0.2, 0) is 11.2 Å². The number of rotatable bonds is 7. The number of thiazole rings is 1. The van der Waals surface area contributed by atoms with E-state index in [0.717, 1.165) is 29.2 Å². The summed E-state index contributed by atoms with van der Waals surface area (Å²) in [7, 11) is 3.22. The van der Waals surface area contributed by atoms with Gasteiger partial charge in [-0.15, -0.1) is 36.2 Å². The average molecular weight is 434 g/mol. The van der Waals surface area contributed by atoms with Crippen molar-refractivity contribution >= 4 is 42.1 Å². The number of halogens is 2. The van der Waals surface area contributed by atoms with Crippen molar-refractivity contribution in [1.82, 2.24) is 15.6 Å². The highest BCUT2D eigenvalue weighted by atomic mass is 35.5. The molecule has 2 aromatic rings. The van der Waals surface area contributed by atoms with Gasteiger partial charge < -0.3 is 20.1 Å². The van der Waals surface area contributed by atoms with Gasteiger partial charge >= 0.3 is 0 Å². The normalized spacial score (nSPS) is 15.4. The summed E-state index contributed by atoms with van der Waals surface area (Å²) in [6, 6.07) is 6.10. The third-order valence-corrected chi connectivity index (χ3v) is 5.17. The summed E-state index contributed by atoms with van der Waals surface area (Å²) < 4.78 is 10.6. The first-order chi connectivity index (χ1) is 12.2. The minimum absolute atomic E-state index is 0. The van der Waals surface area contributed by atoms with Crippen molar-refractivity contribution in [3.8, 4) is 22.1 Å². The van der Waals surface area contributed by atoms with Crippen LogP contribution in [0.3, 0.4) is 0 Å². The molecule has 1 aliphatic heterocycles. The molecule has 1 aromatic heterocycles. The minimum atomic E-state index is 0. The topological polar surface area (TPSA) is 72.5 Å².